The van der Waals surface area contributed by atoms with E-state index < -0.39 is 18.6 Å². The molecule has 0 fully saturated rings. The van der Waals surface area contributed by atoms with Gasteiger partial charge in [-0.2, -0.15) is 13.2 Å². The van der Waals surface area contributed by atoms with Crippen molar-refractivity contribution in [2.24, 2.45) is 0 Å². The molecule has 0 saturated heterocycles. The van der Waals surface area contributed by atoms with E-state index in [2.05, 4.69) is 10.3 Å². The second-order valence-corrected chi connectivity index (χ2v) is 4.58. The van der Waals surface area contributed by atoms with Gasteiger partial charge in [0.05, 0.1) is 0 Å². The summed E-state index contributed by atoms with van der Waals surface area (Å²) in [6.45, 7) is 1.72. The number of carbonyl (C=O) groups is 1. The Kier molecular flexibility index (Phi) is 4.33. The van der Waals surface area contributed by atoms with Crippen LogP contribution in [0.5, 0.6) is 0 Å². The van der Waals surface area contributed by atoms with Crippen molar-refractivity contribution in [3.8, 4) is 0 Å². The van der Waals surface area contributed by atoms with Crippen LogP contribution in [0.3, 0.4) is 0 Å². The molecule has 1 rings (SSSR count). The number of nitrogens with one attached hydrogen (secondary N) is 1. The zero-order chi connectivity index (χ0) is 13.1. The Morgan fingerprint density at radius 3 is 2.65 bits per heavy atom. The third-order valence-electron chi connectivity index (χ3n) is 1.91. The molecule has 2 N–H and O–H groups in total. The van der Waals surface area contributed by atoms with Crippen molar-refractivity contribution < 1.29 is 23.1 Å². The molecule has 1 aromatic heterocycles. The fraction of sp³-hybridized carbons (Fsp3) is 0.556. The van der Waals surface area contributed by atoms with E-state index in [1.165, 1.54) is 0 Å². The Morgan fingerprint density at radius 2 is 2.18 bits per heavy atom. The van der Waals surface area contributed by atoms with Gasteiger partial charge in [-0.05, 0) is 13.3 Å². The van der Waals surface area contributed by atoms with E-state index in [0.717, 1.165) is 11.3 Å². The van der Waals surface area contributed by atoms with Gasteiger partial charge in [-0.3, -0.25) is 0 Å². The van der Waals surface area contributed by atoms with Gasteiger partial charge in [0.15, 0.2) is 10.8 Å². The number of carboxylic acids is 1. The fourth-order valence-corrected chi connectivity index (χ4v) is 1.99. The summed E-state index contributed by atoms with van der Waals surface area (Å²) >= 11 is 1.12. The summed E-state index contributed by atoms with van der Waals surface area (Å²) in [4.78, 5) is 15.0. The second kappa shape index (κ2) is 5.35. The Bertz CT molecular complexity index is 403. The molecule has 0 radical (unpaired) electrons. The van der Waals surface area contributed by atoms with Crippen molar-refractivity contribution >= 4 is 22.4 Å². The first-order chi connectivity index (χ1) is 7.79. The minimum absolute atomic E-state index is 0.0617. The first-order valence-corrected chi connectivity index (χ1v) is 5.62. The summed E-state index contributed by atoms with van der Waals surface area (Å²) in [5, 5.41) is 11.7. The van der Waals surface area contributed by atoms with Gasteiger partial charge in [-0.25, -0.2) is 9.78 Å². The van der Waals surface area contributed by atoms with Gasteiger partial charge < -0.3 is 10.4 Å². The zero-order valence-electron chi connectivity index (χ0n) is 8.97. The predicted octanol–water partition coefficient (Wildman–Crippen LogP) is 2.90. The molecule has 4 nitrogen and oxygen atoms in total. The molecule has 1 aromatic rings. The van der Waals surface area contributed by atoms with Crippen molar-refractivity contribution in [1.82, 2.24) is 4.98 Å². The van der Waals surface area contributed by atoms with E-state index in [4.69, 9.17) is 5.11 Å². The number of rotatable bonds is 5. The number of aromatic carboxylic acids is 1. The highest BCUT2D eigenvalue weighted by Crippen LogP contribution is 2.23. The average molecular weight is 268 g/mol. The third-order valence-corrected chi connectivity index (χ3v) is 2.84. The molecule has 0 aromatic carbocycles. The van der Waals surface area contributed by atoms with Gasteiger partial charge in [0.2, 0.25) is 0 Å². The molecular formula is C9H11F3N2O2S. The lowest BCUT2D eigenvalue weighted by Crippen LogP contribution is -2.11. The summed E-state index contributed by atoms with van der Waals surface area (Å²) in [5.41, 5.74) is -0.0617. The molecule has 0 amide bonds. The van der Waals surface area contributed by atoms with E-state index in [-0.39, 0.29) is 18.7 Å². The predicted molar refractivity (Wildman–Crippen MR) is 57.6 cm³/mol. The Morgan fingerprint density at radius 1 is 1.53 bits per heavy atom. The SMILES string of the molecule is Cc1sc(NCCCC(F)(F)F)nc1C(=O)O. The molecule has 0 aliphatic rings. The van der Waals surface area contributed by atoms with Crippen molar-refractivity contribution in [3.63, 3.8) is 0 Å². The lowest BCUT2D eigenvalue weighted by Gasteiger charge is -2.05. The van der Waals surface area contributed by atoms with Crippen LogP contribution in [0.25, 0.3) is 0 Å². The average Bonchev–Trinajstić information content (AvgIpc) is 2.53. The van der Waals surface area contributed by atoms with E-state index in [1.54, 1.807) is 6.92 Å². The van der Waals surface area contributed by atoms with Crippen LogP contribution in [0.4, 0.5) is 18.3 Å². The topological polar surface area (TPSA) is 62.2 Å². The molecule has 96 valence electrons. The molecule has 1 heterocycles. The number of anilines is 1. The van der Waals surface area contributed by atoms with Gasteiger partial charge in [0.25, 0.3) is 0 Å². The largest absolute Gasteiger partial charge is 0.476 e. The first-order valence-electron chi connectivity index (χ1n) is 4.81. The Labute approximate surface area is 99.5 Å². The van der Waals surface area contributed by atoms with Crippen LogP contribution in [0.15, 0.2) is 0 Å². The smallest absolute Gasteiger partial charge is 0.389 e. The summed E-state index contributed by atoms with van der Waals surface area (Å²) in [5.74, 6) is -1.14. The number of aromatic nitrogens is 1. The highest BCUT2D eigenvalue weighted by atomic mass is 32.1. The molecule has 0 atom stereocenters. The third kappa shape index (κ3) is 4.59. The molecule has 0 aliphatic heterocycles. The summed E-state index contributed by atoms with van der Waals surface area (Å²) in [6, 6.07) is 0. The Hall–Kier alpha value is -1.31. The van der Waals surface area contributed by atoms with Crippen LogP contribution in [0.1, 0.15) is 28.2 Å². The monoisotopic (exact) mass is 268 g/mol. The van der Waals surface area contributed by atoms with E-state index in [1.807, 2.05) is 0 Å². The number of carboxylic acid groups (broad SMARTS) is 1. The van der Waals surface area contributed by atoms with Gasteiger partial charge in [-0.1, -0.05) is 0 Å². The van der Waals surface area contributed by atoms with Gasteiger partial charge in [0, 0.05) is 17.8 Å². The first kappa shape index (κ1) is 13.8. The molecule has 0 saturated carbocycles. The molecule has 17 heavy (non-hydrogen) atoms. The standard InChI is InChI=1S/C9H11F3N2O2S/c1-5-6(7(15)16)14-8(17-5)13-4-2-3-9(10,11)12/h2-4H2,1H3,(H,13,14)(H,15,16). The van der Waals surface area contributed by atoms with Crippen molar-refractivity contribution in [3.05, 3.63) is 10.6 Å². The minimum Gasteiger partial charge on any atom is -0.476 e. The quantitative estimate of drug-likeness (QED) is 0.806. The van der Waals surface area contributed by atoms with Crippen LogP contribution in [0, 0.1) is 6.92 Å². The summed E-state index contributed by atoms with van der Waals surface area (Å²) < 4.78 is 35.5. The van der Waals surface area contributed by atoms with E-state index in [9.17, 15) is 18.0 Å². The highest BCUT2D eigenvalue weighted by Gasteiger charge is 2.25. The maximum absolute atomic E-state index is 11.8. The van der Waals surface area contributed by atoms with Crippen LogP contribution >= 0.6 is 11.3 Å². The van der Waals surface area contributed by atoms with Gasteiger partial charge in [-0.15, -0.1) is 11.3 Å². The molecule has 0 aliphatic carbocycles. The normalized spacial score (nSPS) is 11.5. The number of thiazole rings is 1. The number of hydrogen-bond acceptors (Lipinski definition) is 4. The maximum atomic E-state index is 11.8. The van der Waals surface area contributed by atoms with Crippen LogP contribution in [0.2, 0.25) is 0 Å². The van der Waals surface area contributed by atoms with Crippen LogP contribution < -0.4 is 5.32 Å². The molecule has 8 heteroatoms. The van der Waals surface area contributed by atoms with Crippen LogP contribution in [-0.2, 0) is 0 Å². The molecule has 0 unspecified atom stereocenters. The van der Waals surface area contributed by atoms with Crippen molar-refractivity contribution in [1.29, 1.82) is 0 Å². The van der Waals surface area contributed by atoms with Gasteiger partial charge >= 0.3 is 12.1 Å². The number of nitrogens with zero attached hydrogens (tertiary/aromatic N) is 1. The summed E-state index contributed by atoms with van der Waals surface area (Å²) in [7, 11) is 0. The molecular weight excluding hydrogens is 257 g/mol. The zero-order valence-corrected chi connectivity index (χ0v) is 9.78. The van der Waals surface area contributed by atoms with E-state index in [0.29, 0.717) is 10.0 Å². The number of halogens is 3. The van der Waals surface area contributed by atoms with Crippen LogP contribution in [-0.4, -0.2) is 28.8 Å². The lowest BCUT2D eigenvalue weighted by atomic mass is 10.3. The summed E-state index contributed by atoms with van der Waals surface area (Å²) in [6.07, 6.45) is -5.09. The number of hydrogen-bond donors (Lipinski definition) is 2. The number of aryl methyl sites for hydroxylation is 1. The molecule has 0 spiro atoms. The Balaban J connectivity index is 2.43. The highest BCUT2D eigenvalue weighted by molar-refractivity contribution is 7.15. The molecule has 0 bridgehead atoms. The lowest BCUT2D eigenvalue weighted by molar-refractivity contribution is -0.134. The van der Waals surface area contributed by atoms with Gasteiger partial charge in [0.1, 0.15) is 0 Å². The van der Waals surface area contributed by atoms with Crippen molar-refractivity contribution in [2.75, 3.05) is 11.9 Å². The fourth-order valence-electron chi connectivity index (χ4n) is 1.15. The second-order valence-electron chi connectivity index (χ2n) is 3.37. The number of alkyl halides is 3. The minimum atomic E-state index is -4.16. The van der Waals surface area contributed by atoms with Crippen molar-refractivity contribution in [2.45, 2.75) is 25.9 Å². The maximum Gasteiger partial charge on any atom is 0.389 e. The van der Waals surface area contributed by atoms with E-state index >= 15 is 0 Å².